The van der Waals surface area contributed by atoms with Gasteiger partial charge in [-0.2, -0.15) is 5.10 Å². The first-order valence-electron chi connectivity index (χ1n) is 11.7. The molecule has 1 aliphatic rings. The van der Waals surface area contributed by atoms with Crippen LogP contribution in [-0.4, -0.2) is 50.7 Å². The molecule has 1 saturated heterocycles. The smallest absolute Gasteiger partial charge is 0.259 e. The highest BCUT2D eigenvalue weighted by Crippen LogP contribution is 2.24. The number of piperidine rings is 1. The summed E-state index contributed by atoms with van der Waals surface area (Å²) in [6.07, 6.45) is 7.56. The molecular formula is C26H26FN5O2S. The number of aromatic nitrogens is 3. The number of carbonyl (C=O) groups is 2. The fourth-order valence-electron chi connectivity index (χ4n) is 4.44. The first kappa shape index (κ1) is 23.0. The Kier molecular flexibility index (Phi) is 6.76. The van der Waals surface area contributed by atoms with Crippen molar-refractivity contribution in [1.82, 2.24) is 24.6 Å². The van der Waals surface area contributed by atoms with E-state index in [1.807, 2.05) is 40.5 Å². The summed E-state index contributed by atoms with van der Waals surface area (Å²) < 4.78 is 16.9. The van der Waals surface area contributed by atoms with Crippen LogP contribution >= 0.6 is 11.3 Å². The van der Waals surface area contributed by atoms with E-state index < -0.39 is 0 Å². The summed E-state index contributed by atoms with van der Waals surface area (Å²) in [6.45, 7) is 1.55. The monoisotopic (exact) mass is 491 g/mol. The van der Waals surface area contributed by atoms with Crippen LogP contribution < -0.4 is 5.32 Å². The molecule has 0 aliphatic carbocycles. The number of likely N-dealkylation sites (tertiary alicyclic amines) is 1. The molecule has 1 aliphatic heterocycles. The van der Waals surface area contributed by atoms with E-state index in [9.17, 15) is 14.0 Å². The molecule has 2 amide bonds. The molecule has 0 radical (unpaired) electrons. The molecule has 5 rings (SSSR count). The topological polar surface area (TPSA) is 72.2 Å². The van der Waals surface area contributed by atoms with Crippen LogP contribution in [0.3, 0.4) is 0 Å². The lowest BCUT2D eigenvalue weighted by Crippen LogP contribution is -2.45. The van der Waals surface area contributed by atoms with E-state index in [1.54, 1.807) is 39.2 Å². The number of amides is 2. The minimum atomic E-state index is -0.340. The fourth-order valence-corrected chi connectivity index (χ4v) is 5.15. The largest absolute Gasteiger partial charge is 0.355 e. The molecule has 1 fully saturated rings. The third-order valence-electron chi connectivity index (χ3n) is 6.22. The number of thiophene rings is 1. The molecule has 0 saturated carbocycles. The van der Waals surface area contributed by atoms with Gasteiger partial charge < -0.3 is 14.8 Å². The van der Waals surface area contributed by atoms with Crippen molar-refractivity contribution in [3.63, 3.8) is 0 Å². The summed E-state index contributed by atoms with van der Waals surface area (Å²) in [6, 6.07) is 13.8. The van der Waals surface area contributed by atoms with Crippen LogP contribution in [0.15, 0.2) is 72.5 Å². The maximum Gasteiger partial charge on any atom is 0.259 e. The Morgan fingerprint density at radius 1 is 1.11 bits per heavy atom. The lowest BCUT2D eigenvalue weighted by molar-refractivity contribution is -0.126. The number of rotatable bonds is 7. The van der Waals surface area contributed by atoms with Crippen LogP contribution in [0.4, 0.5) is 4.39 Å². The number of halogens is 1. The minimum Gasteiger partial charge on any atom is -0.355 e. The van der Waals surface area contributed by atoms with Crippen LogP contribution in [0.2, 0.25) is 0 Å². The number of hydrogen-bond donors (Lipinski definition) is 1. The van der Waals surface area contributed by atoms with Gasteiger partial charge in [-0.3, -0.25) is 9.59 Å². The van der Waals surface area contributed by atoms with Gasteiger partial charge in [0.05, 0.1) is 17.8 Å². The molecule has 1 aromatic carbocycles. The normalized spacial score (nSPS) is 15.8. The van der Waals surface area contributed by atoms with Gasteiger partial charge in [0.15, 0.2) is 5.82 Å². The molecule has 180 valence electrons. The second-order valence-corrected chi connectivity index (χ2v) is 9.60. The molecule has 1 atom stereocenters. The van der Waals surface area contributed by atoms with Crippen molar-refractivity contribution in [2.75, 3.05) is 19.6 Å². The average Bonchev–Trinajstić information content (AvgIpc) is 3.66. The number of nitrogens with zero attached hydrogens (tertiary/aromatic N) is 4. The zero-order chi connectivity index (χ0) is 24.2. The van der Waals surface area contributed by atoms with Gasteiger partial charge in [0.1, 0.15) is 11.4 Å². The molecule has 9 heteroatoms. The Bertz CT molecular complexity index is 1280. The zero-order valence-electron chi connectivity index (χ0n) is 19.1. The van der Waals surface area contributed by atoms with Gasteiger partial charge in [0.25, 0.3) is 5.91 Å². The van der Waals surface area contributed by atoms with Gasteiger partial charge >= 0.3 is 0 Å². The van der Waals surface area contributed by atoms with Crippen LogP contribution in [0.1, 0.15) is 28.1 Å². The van der Waals surface area contributed by atoms with Gasteiger partial charge in [0.2, 0.25) is 5.91 Å². The van der Waals surface area contributed by atoms with E-state index in [-0.39, 0.29) is 23.5 Å². The minimum absolute atomic E-state index is 0.00769. The Hall–Kier alpha value is -3.72. The van der Waals surface area contributed by atoms with Crippen molar-refractivity contribution < 1.29 is 14.0 Å². The second kappa shape index (κ2) is 10.3. The van der Waals surface area contributed by atoms with Crippen molar-refractivity contribution in [3.05, 3.63) is 88.8 Å². The van der Waals surface area contributed by atoms with Gasteiger partial charge in [-0.1, -0.05) is 6.07 Å². The number of carbonyl (C=O) groups excluding carboxylic acids is 2. The van der Waals surface area contributed by atoms with E-state index in [1.165, 1.54) is 17.0 Å². The van der Waals surface area contributed by atoms with Gasteiger partial charge in [0, 0.05) is 36.9 Å². The van der Waals surface area contributed by atoms with Crippen molar-refractivity contribution >= 4 is 23.2 Å². The molecule has 7 nitrogen and oxygen atoms in total. The number of nitrogens with one attached hydrogen (secondary N) is 1. The SMILES string of the molecule is O=C(NCCc1cccs1)[C@H]1CCCN(C(=O)c2cnn(-c3ccc(F)cc3)c2-n2cccc2)C1. The van der Waals surface area contributed by atoms with Gasteiger partial charge in [-0.15, -0.1) is 11.3 Å². The van der Waals surface area contributed by atoms with Crippen LogP contribution in [0.25, 0.3) is 11.5 Å². The summed E-state index contributed by atoms with van der Waals surface area (Å²) in [5.41, 5.74) is 1.08. The Morgan fingerprint density at radius 3 is 2.66 bits per heavy atom. The predicted octanol–water partition coefficient (Wildman–Crippen LogP) is 4.07. The molecule has 35 heavy (non-hydrogen) atoms. The highest BCUT2D eigenvalue weighted by molar-refractivity contribution is 7.09. The van der Waals surface area contributed by atoms with E-state index in [2.05, 4.69) is 16.5 Å². The summed E-state index contributed by atoms with van der Waals surface area (Å²) in [5, 5.41) is 9.52. The highest BCUT2D eigenvalue weighted by atomic mass is 32.1. The highest BCUT2D eigenvalue weighted by Gasteiger charge is 2.31. The summed E-state index contributed by atoms with van der Waals surface area (Å²) >= 11 is 1.68. The second-order valence-electron chi connectivity index (χ2n) is 8.57. The maximum absolute atomic E-state index is 13.6. The van der Waals surface area contributed by atoms with E-state index in [4.69, 9.17) is 0 Å². The van der Waals surface area contributed by atoms with Gasteiger partial charge in [-0.05, 0) is 67.1 Å². The number of hydrogen-bond acceptors (Lipinski definition) is 4. The average molecular weight is 492 g/mol. The molecule has 1 N–H and O–H groups in total. The first-order valence-corrected chi connectivity index (χ1v) is 12.5. The van der Waals surface area contributed by atoms with Crippen molar-refractivity contribution in [3.8, 4) is 11.5 Å². The first-order chi connectivity index (χ1) is 17.1. The Morgan fingerprint density at radius 2 is 1.91 bits per heavy atom. The third-order valence-corrected chi connectivity index (χ3v) is 7.16. The van der Waals surface area contributed by atoms with E-state index >= 15 is 0 Å². The molecule has 4 heterocycles. The molecule has 0 spiro atoms. The van der Waals surface area contributed by atoms with Gasteiger partial charge in [-0.25, -0.2) is 9.07 Å². The summed E-state index contributed by atoms with van der Waals surface area (Å²) in [7, 11) is 0. The van der Waals surface area contributed by atoms with Crippen LogP contribution in [0.5, 0.6) is 0 Å². The third kappa shape index (κ3) is 5.05. The van der Waals surface area contributed by atoms with Crippen molar-refractivity contribution in [2.24, 2.45) is 5.92 Å². The Labute approximate surface area is 206 Å². The van der Waals surface area contributed by atoms with Crippen LogP contribution in [-0.2, 0) is 11.2 Å². The van der Waals surface area contributed by atoms with Crippen molar-refractivity contribution in [2.45, 2.75) is 19.3 Å². The molecule has 3 aromatic heterocycles. The lowest BCUT2D eigenvalue weighted by atomic mass is 9.96. The van der Waals surface area contributed by atoms with Crippen molar-refractivity contribution in [1.29, 1.82) is 0 Å². The Balaban J connectivity index is 1.33. The quantitative estimate of drug-likeness (QED) is 0.424. The zero-order valence-corrected chi connectivity index (χ0v) is 20.0. The fraction of sp³-hybridized carbons (Fsp3) is 0.269. The van der Waals surface area contributed by atoms with Crippen LogP contribution in [0, 0.1) is 11.7 Å². The van der Waals surface area contributed by atoms with E-state index in [0.29, 0.717) is 36.7 Å². The van der Waals surface area contributed by atoms with E-state index in [0.717, 1.165) is 19.3 Å². The molecule has 0 unspecified atom stereocenters. The summed E-state index contributed by atoms with van der Waals surface area (Å²) in [4.78, 5) is 29.4. The maximum atomic E-state index is 13.6. The predicted molar refractivity (Wildman–Crippen MR) is 133 cm³/mol. The molecule has 0 bridgehead atoms. The molecular weight excluding hydrogens is 465 g/mol. The standard InChI is InChI=1S/C26H26FN5O2S/c27-20-7-9-21(10-8-20)32-25(30-13-1-2-14-30)23(17-29-32)26(34)31-15-3-5-19(18-31)24(33)28-12-11-22-6-4-16-35-22/h1-2,4,6-10,13-14,16-17,19H,3,5,11-12,15,18H2,(H,28,33)/t19-/m0/s1. The number of benzene rings is 1. The lowest BCUT2D eigenvalue weighted by Gasteiger charge is -2.32. The summed E-state index contributed by atoms with van der Waals surface area (Å²) in [5.74, 6) is -0.176. The molecule has 4 aromatic rings.